The van der Waals surface area contributed by atoms with Gasteiger partial charge in [0.15, 0.2) is 10.7 Å². The molecule has 6 aliphatic rings. The molecule has 11 rings (SSSR count). The highest BCUT2D eigenvalue weighted by Crippen LogP contribution is 2.55. The fraction of sp³-hybridized carbons (Fsp3) is 0.479. The number of H-pyrrole nitrogens is 1. The number of anilines is 2. The molecule has 2 aromatic carbocycles. The first kappa shape index (κ1) is 42.8. The first-order chi connectivity index (χ1) is 32.1. The molecule has 66 heavy (non-hydrogen) atoms. The molecule has 4 aliphatic heterocycles. The van der Waals surface area contributed by atoms with Crippen molar-refractivity contribution in [3.8, 4) is 17.4 Å². The lowest BCUT2D eigenvalue weighted by atomic mass is 9.59. The summed E-state index contributed by atoms with van der Waals surface area (Å²) in [6.45, 7) is 4.27. The predicted molar refractivity (Wildman–Crippen MR) is 245 cm³/mol. The van der Waals surface area contributed by atoms with Crippen molar-refractivity contribution in [3.63, 3.8) is 0 Å². The van der Waals surface area contributed by atoms with Crippen molar-refractivity contribution in [1.82, 2.24) is 24.6 Å². The van der Waals surface area contributed by atoms with E-state index in [1.54, 1.807) is 41.6 Å². The van der Waals surface area contributed by atoms with Crippen LogP contribution in [0.2, 0.25) is 0 Å². The number of amides is 1. The minimum absolute atomic E-state index is 0.000295. The third-order valence-electron chi connectivity index (χ3n) is 14.6. The SMILES string of the molecule is O=C(NS(=O)(=O)c1cc([N+](=O)[O-])c2c(n1)OC[C@H](COC1CCOCC1)N2)c1ccc(N2CCC3(CC2)CC(N2CCC[C@H]2c2ccccc2C2CC2)C3)cc1Oc1cnc2[nH]ccc2c1. The summed E-state index contributed by atoms with van der Waals surface area (Å²) < 4.78 is 53.3. The third-order valence-corrected chi connectivity index (χ3v) is 15.8. The van der Waals surface area contributed by atoms with Gasteiger partial charge in [0.1, 0.15) is 23.8 Å². The maximum absolute atomic E-state index is 14.1. The Balaban J connectivity index is 0.791. The summed E-state index contributed by atoms with van der Waals surface area (Å²) in [6.07, 6.45) is 14.4. The molecular formula is C48H54N8O9S. The first-order valence-electron chi connectivity index (χ1n) is 23.3. The van der Waals surface area contributed by atoms with Gasteiger partial charge in [0.25, 0.3) is 15.9 Å². The summed E-state index contributed by atoms with van der Waals surface area (Å²) in [6, 6.07) is 19.4. The van der Waals surface area contributed by atoms with E-state index in [1.807, 2.05) is 6.07 Å². The van der Waals surface area contributed by atoms with Gasteiger partial charge in [0, 0.05) is 61.7 Å². The van der Waals surface area contributed by atoms with Crippen LogP contribution in [0.3, 0.4) is 0 Å². The van der Waals surface area contributed by atoms with Crippen molar-refractivity contribution in [2.75, 3.05) is 56.3 Å². The minimum Gasteiger partial charge on any atom is -0.474 e. The zero-order chi connectivity index (χ0) is 45.0. The molecule has 346 valence electrons. The Morgan fingerprint density at radius 2 is 1.79 bits per heavy atom. The second-order valence-corrected chi connectivity index (χ2v) is 20.5. The number of hydrogen-bond donors (Lipinski definition) is 3. The average molecular weight is 919 g/mol. The standard InChI is InChI=1S/C48H54N8O9S/c57-46(53-66(60,61)43-24-41(56(58)59)44-47(52-43)64-29-32(51-44)28-63-35-12-20-62-21-13-35)39-10-9-33(23-42(39)65-36-22-31-11-16-49-45(31)50-27-36)54-18-14-48(15-19-54)25-34(26-48)55-17-3-6-40(55)38-5-2-1-4-37(38)30-7-8-30/h1-2,4-5,9-11,16,22-24,27,30,32,34-35,40,51H,3,6-8,12-15,17-21,25-26,28-29H2,(H,49,50)(H,53,57)/t32-,40-/m0/s1. The van der Waals surface area contributed by atoms with Crippen LogP contribution >= 0.6 is 0 Å². The molecule has 3 aromatic heterocycles. The quantitative estimate of drug-likeness (QED) is 0.0769. The number of ether oxygens (including phenoxy) is 4. The van der Waals surface area contributed by atoms with Crippen LogP contribution in [0.15, 0.2) is 78.1 Å². The molecule has 2 aliphatic carbocycles. The van der Waals surface area contributed by atoms with Crippen LogP contribution in [-0.4, -0.2) is 103 Å². The van der Waals surface area contributed by atoms with Crippen LogP contribution in [0.1, 0.15) is 97.7 Å². The van der Waals surface area contributed by atoms with Gasteiger partial charge in [0.05, 0.1) is 41.5 Å². The lowest BCUT2D eigenvalue weighted by Gasteiger charge is -2.56. The molecule has 1 amide bonds. The number of benzene rings is 2. The summed E-state index contributed by atoms with van der Waals surface area (Å²) >= 11 is 0. The number of nitrogens with one attached hydrogen (secondary N) is 3. The van der Waals surface area contributed by atoms with Gasteiger partial charge in [-0.25, -0.2) is 9.71 Å². The van der Waals surface area contributed by atoms with E-state index in [0.717, 1.165) is 68.4 Å². The molecule has 17 nitrogen and oxygen atoms in total. The van der Waals surface area contributed by atoms with Gasteiger partial charge in [-0.15, -0.1) is 0 Å². The van der Waals surface area contributed by atoms with Crippen molar-refractivity contribution < 1.29 is 37.1 Å². The van der Waals surface area contributed by atoms with Crippen LogP contribution < -0.4 is 24.4 Å². The second kappa shape index (κ2) is 17.4. The summed E-state index contributed by atoms with van der Waals surface area (Å²) in [7, 11) is -4.77. The molecule has 2 saturated carbocycles. The highest BCUT2D eigenvalue weighted by molar-refractivity contribution is 7.90. The molecule has 0 unspecified atom stereocenters. The average Bonchev–Trinajstić information content (AvgIpc) is 3.87. The maximum atomic E-state index is 14.1. The smallest absolute Gasteiger partial charge is 0.300 e. The second-order valence-electron chi connectivity index (χ2n) is 18.9. The highest BCUT2D eigenvalue weighted by atomic mass is 32.2. The lowest BCUT2D eigenvalue weighted by Crippen LogP contribution is -2.54. The first-order valence-corrected chi connectivity index (χ1v) is 24.8. The highest BCUT2D eigenvalue weighted by Gasteiger charge is 2.50. The van der Waals surface area contributed by atoms with Gasteiger partial charge in [-0.05, 0) is 117 Å². The number of pyridine rings is 2. The molecular weight excluding hydrogens is 865 g/mol. The van der Waals surface area contributed by atoms with E-state index in [-0.39, 0.29) is 42.2 Å². The molecule has 5 fully saturated rings. The van der Waals surface area contributed by atoms with E-state index in [9.17, 15) is 23.3 Å². The van der Waals surface area contributed by atoms with Crippen LogP contribution in [0.5, 0.6) is 17.4 Å². The van der Waals surface area contributed by atoms with E-state index in [2.05, 4.69) is 59.1 Å². The fourth-order valence-electron chi connectivity index (χ4n) is 10.9. The number of likely N-dealkylation sites (tertiary alicyclic amines) is 1. The number of rotatable bonds is 13. The molecule has 18 heteroatoms. The van der Waals surface area contributed by atoms with Crippen LogP contribution in [0, 0.1) is 15.5 Å². The van der Waals surface area contributed by atoms with E-state index in [1.165, 1.54) is 44.7 Å². The fourth-order valence-corrected chi connectivity index (χ4v) is 11.8. The number of piperidine rings is 1. The van der Waals surface area contributed by atoms with Crippen molar-refractivity contribution in [2.45, 2.75) is 99.4 Å². The summed E-state index contributed by atoms with van der Waals surface area (Å²) in [5.41, 5.74) is 4.23. The normalized spacial score (nSPS) is 22.3. The summed E-state index contributed by atoms with van der Waals surface area (Å²) in [5, 5.41) is 15.4. The molecule has 0 bridgehead atoms. The number of nitro groups is 1. The largest absolute Gasteiger partial charge is 0.474 e. The van der Waals surface area contributed by atoms with Gasteiger partial charge >= 0.3 is 5.69 Å². The minimum atomic E-state index is -4.77. The molecule has 5 aromatic rings. The van der Waals surface area contributed by atoms with Crippen molar-refractivity contribution in [3.05, 3.63) is 99.9 Å². The van der Waals surface area contributed by atoms with Crippen LogP contribution in [-0.2, 0) is 19.5 Å². The Bertz CT molecular complexity index is 2760. The predicted octanol–water partition coefficient (Wildman–Crippen LogP) is 7.61. The number of aromatic amines is 1. The van der Waals surface area contributed by atoms with Crippen molar-refractivity contribution >= 4 is 44.0 Å². The number of sulfonamides is 1. The van der Waals surface area contributed by atoms with Crippen molar-refractivity contribution in [2.24, 2.45) is 5.41 Å². The van der Waals surface area contributed by atoms with Gasteiger partial charge in [0.2, 0.25) is 5.88 Å². The molecule has 7 heterocycles. The Kier molecular flexibility index (Phi) is 11.3. The van der Waals surface area contributed by atoms with E-state index < -0.39 is 37.6 Å². The number of carbonyl (C=O) groups excluding carboxylic acids is 1. The van der Waals surface area contributed by atoms with Gasteiger partial charge < -0.3 is 34.1 Å². The Labute approximate surface area is 382 Å². The summed E-state index contributed by atoms with van der Waals surface area (Å²) in [5.74, 6) is -0.0595. The monoisotopic (exact) mass is 918 g/mol. The zero-order valence-corrected chi connectivity index (χ0v) is 37.5. The van der Waals surface area contributed by atoms with Crippen LogP contribution in [0.25, 0.3) is 11.0 Å². The third kappa shape index (κ3) is 8.55. The zero-order valence-electron chi connectivity index (χ0n) is 36.7. The molecule has 3 saturated heterocycles. The maximum Gasteiger partial charge on any atom is 0.300 e. The topological polar surface area (TPSA) is 203 Å². The number of fused-ring (bicyclic) bond motifs is 2. The Morgan fingerprint density at radius 3 is 2.58 bits per heavy atom. The molecule has 3 N–H and O–H groups in total. The summed E-state index contributed by atoms with van der Waals surface area (Å²) in [4.78, 5) is 42.4. The van der Waals surface area contributed by atoms with E-state index in [0.29, 0.717) is 42.1 Å². The number of carbonyl (C=O) groups is 1. The Morgan fingerprint density at radius 1 is 0.985 bits per heavy atom. The molecule has 2 atom stereocenters. The van der Waals surface area contributed by atoms with Gasteiger partial charge in [-0.3, -0.25) is 19.8 Å². The number of hydrogen-bond acceptors (Lipinski definition) is 14. The molecule has 1 spiro atoms. The number of nitrogens with zero attached hydrogens (tertiary/aromatic N) is 5. The van der Waals surface area contributed by atoms with E-state index >= 15 is 0 Å². The van der Waals surface area contributed by atoms with Gasteiger partial charge in [-0.2, -0.15) is 13.4 Å². The van der Waals surface area contributed by atoms with E-state index in [4.69, 9.17) is 18.9 Å². The Hall–Kier alpha value is -5.82. The molecule has 0 radical (unpaired) electrons. The lowest BCUT2D eigenvalue weighted by molar-refractivity contribution is -0.384. The van der Waals surface area contributed by atoms with Gasteiger partial charge in [-0.1, -0.05) is 24.3 Å². The number of aromatic nitrogens is 3. The van der Waals surface area contributed by atoms with Crippen LogP contribution in [0.4, 0.5) is 17.1 Å². The van der Waals surface area contributed by atoms with Crippen molar-refractivity contribution in [1.29, 1.82) is 0 Å².